The molecule has 0 unspecified atom stereocenters. The molecule has 1 heterocycles. The molecular formula is C13H28N2. The lowest BCUT2D eigenvalue weighted by atomic mass is 9.77. The second-order valence-corrected chi connectivity index (χ2v) is 6.32. The van der Waals surface area contributed by atoms with E-state index >= 15 is 0 Å². The minimum atomic E-state index is 0.315. The zero-order valence-corrected chi connectivity index (χ0v) is 11.6. The Morgan fingerprint density at radius 2 is 1.53 bits per heavy atom. The highest BCUT2D eigenvalue weighted by Gasteiger charge is 2.43. The Morgan fingerprint density at radius 1 is 1.13 bits per heavy atom. The van der Waals surface area contributed by atoms with Crippen molar-refractivity contribution in [2.75, 3.05) is 20.6 Å². The lowest BCUT2D eigenvalue weighted by Crippen LogP contribution is -2.62. The van der Waals surface area contributed by atoms with E-state index in [0.29, 0.717) is 11.1 Å². The van der Waals surface area contributed by atoms with Crippen LogP contribution in [0.3, 0.4) is 0 Å². The van der Waals surface area contributed by atoms with Crippen LogP contribution >= 0.6 is 0 Å². The number of piperidine rings is 1. The Labute approximate surface area is 95.6 Å². The summed E-state index contributed by atoms with van der Waals surface area (Å²) in [6, 6.07) is 0.733. The molecule has 0 aliphatic carbocycles. The van der Waals surface area contributed by atoms with Crippen molar-refractivity contribution in [3.8, 4) is 0 Å². The Kier molecular flexibility index (Phi) is 3.52. The number of likely N-dealkylation sites (tertiary alicyclic amines) is 1. The molecule has 1 aliphatic rings. The van der Waals surface area contributed by atoms with Crippen LogP contribution in [0.25, 0.3) is 0 Å². The van der Waals surface area contributed by atoms with Crippen molar-refractivity contribution in [1.29, 1.82) is 0 Å². The molecule has 0 N–H and O–H groups in total. The van der Waals surface area contributed by atoms with Gasteiger partial charge in [0.2, 0.25) is 0 Å². The summed E-state index contributed by atoms with van der Waals surface area (Å²) in [6.07, 6.45) is 2.55. The first kappa shape index (κ1) is 13.0. The van der Waals surface area contributed by atoms with E-state index in [4.69, 9.17) is 0 Å². The van der Waals surface area contributed by atoms with Crippen LogP contribution in [0.1, 0.15) is 47.5 Å². The zero-order valence-electron chi connectivity index (χ0n) is 11.6. The largest absolute Gasteiger partial charge is 0.304 e. The molecule has 1 fully saturated rings. The van der Waals surface area contributed by atoms with Gasteiger partial charge in [0.05, 0.1) is 0 Å². The van der Waals surface area contributed by atoms with Crippen molar-refractivity contribution in [2.45, 2.75) is 64.6 Å². The van der Waals surface area contributed by atoms with Gasteiger partial charge in [0, 0.05) is 17.1 Å². The highest BCUT2D eigenvalue weighted by atomic mass is 15.3. The second kappa shape index (κ2) is 4.06. The van der Waals surface area contributed by atoms with E-state index in [1.165, 1.54) is 12.8 Å². The summed E-state index contributed by atoms with van der Waals surface area (Å²) in [6.45, 7) is 12.9. The predicted molar refractivity (Wildman–Crippen MR) is 67.2 cm³/mol. The van der Waals surface area contributed by atoms with E-state index in [0.717, 1.165) is 12.6 Å². The van der Waals surface area contributed by atoms with Crippen LogP contribution in [0.15, 0.2) is 0 Å². The quantitative estimate of drug-likeness (QED) is 0.694. The monoisotopic (exact) mass is 212 g/mol. The molecule has 1 saturated heterocycles. The zero-order chi connectivity index (χ0) is 11.9. The molecule has 0 saturated carbocycles. The van der Waals surface area contributed by atoms with E-state index in [1.54, 1.807) is 0 Å². The molecule has 0 radical (unpaired) electrons. The molecule has 1 rings (SSSR count). The van der Waals surface area contributed by atoms with Crippen molar-refractivity contribution < 1.29 is 0 Å². The maximum absolute atomic E-state index is 2.54. The van der Waals surface area contributed by atoms with E-state index in [-0.39, 0.29) is 0 Å². The molecule has 0 aromatic carbocycles. The summed E-state index contributed by atoms with van der Waals surface area (Å²) in [5.74, 6) is 0. The molecule has 0 aromatic heterocycles. The molecule has 15 heavy (non-hydrogen) atoms. The summed E-state index contributed by atoms with van der Waals surface area (Å²) >= 11 is 0. The molecule has 0 spiro atoms. The SMILES string of the molecule is CCN(C)C1CC(C)(C)N(C)C(C)(C)C1. The fourth-order valence-corrected chi connectivity index (χ4v) is 2.89. The number of nitrogens with zero attached hydrogens (tertiary/aromatic N) is 2. The van der Waals surface area contributed by atoms with Crippen molar-refractivity contribution in [1.82, 2.24) is 9.80 Å². The van der Waals surface area contributed by atoms with E-state index in [1.807, 2.05) is 0 Å². The fourth-order valence-electron chi connectivity index (χ4n) is 2.89. The summed E-state index contributed by atoms with van der Waals surface area (Å²) in [5, 5.41) is 0. The van der Waals surface area contributed by atoms with Crippen molar-refractivity contribution in [3.63, 3.8) is 0 Å². The Hall–Kier alpha value is -0.0800. The van der Waals surface area contributed by atoms with Gasteiger partial charge in [0.25, 0.3) is 0 Å². The lowest BCUT2D eigenvalue weighted by Gasteiger charge is -2.55. The smallest absolute Gasteiger partial charge is 0.0170 e. The number of hydrogen-bond acceptors (Lipinski definition) is 2. The molecule has 1 aliphatic heterocycles. The topological polar surface area (TPSA) is 6.48 Å². The molecular weight excluding hydrogens is 184 g/mol. The lowest BCUT2D eigenvalue weighted by molar-refractivity contribution is -0.0414. The minimum Gasteiger partial charge on any atom is -0.304 e. The molecule has 0 amide bonds. The average Bonchev–Trinajstić information content (AvgIpc) is 2.11. The highest BCUT2D eigenvalue weighted by Crippen LogP contribution is 2.38. The third-order valence-electron chi connectivity index (χ3n) is 4.41. The Balaban J connectivity index is 2.84. The Bertz CT molecular complexity index is 203. The van der Waals surface area contributed by atoms with Crippen molar-refractivity contribution >= 4 is 0 Å². The summed E-state index contributed by atoms with van der Waals surface area (Å²) < 4.78 is 0. The van der Waals surface area contributed by atoms with Crippen LogP contribution in [0.4, 0.5) is 0 Å². The van der Waals surface area contributed by atoms with Gasteiger partial charge in [-0.1, -0.05) is 6.92 Å². The minimum absolute atomic E-state index is 0.315. The van der Waals surface area contributed by atoms with E-state index < -0.39 is 0 Å². The standard InChI is InChI=1S/C13H28N2/c1-8-14(6)11-9-12(2,3)15(7)13(4,5)10-11/h11H,8-10H2,1-7H3. The van der Waals surface area contributed by atoms with Gasteiger partial charge in [-0.25, -0.2) is 0 Å². The van der Waals surface area contributed by atoms with Gasteiger partial charge in [-0.05, 0) is 61.2 Å². The van der Waals surface area contributed by atoms with E-state index in [9.17, 15) is 0 Å². The van der Waals surface area contributed by atoms with Gasteiger partial charge in [0.1, 0.15) is 0 Å². The van der Waals surface area contributed by atoms with Gasteiger partial charge in [0.15, 0.2) is 0 Å². The Morgan fingerprint density at radius 3 is 1.87 bits per heavy atom. The van der Waals surface area contributed by atoms with Gasteiger partial charge < -0.3 is 4.90 Å². The predicted octanol–water partition coefficient (Wildman–Crippen LogP) is 2.59. The average molecular weight is 212 g/mol. The van der Waals surface area contributed by atoms with Crippen molar-refractivity contribution in [2.24, 2.45) is 0 Å². The summed E-state index contributed by atoms with van der Waals surface area (Å²) in [4.78, 5) is 5.04. The molecule has 2 heteroatoms. The van der Waals surface area contributed by atoms with Gasteiger partial charge in [-0.2, -0.15) is 0 Å². The molecule has 90 valence electrons. The van der Waals surface area contributed by atoms with Crippen molar-refractivity contribution in [3.05, 3.63) is 0 Å². The molecule has 0 atom stereocenters. The third kappa shape index (κ3) is 2.54. The third-order valence-corrected chi connectivity index (χ3v) is 4.41. The maximum Gasteiger partial charge on any atom is 0.0170 e. The van der Waals surface area contributed by atoms with Crippen LogP contribution in [0.2, 0.25) is 0 Å². The first-order valence-corrected chi connectivity index (χ1v) is 6.15. The van der Waals surface area contributed by atoms with Crippen LogP contribution in [-0.2, 0) is 0 Å². The fraction of sp³-hybridized carbons (Fsp3) is 1.00. The highest BCUT2D eigenvalue weighted by molar-refractivity contribution is 5.00. The van der Waals surface area contributed by atoms with Crippen LogP contribution in [-0.4, -0.2) is 47.6 Å². The molecule has 0 aromatic rings. The van der Waals surface area contributed by atoms with Gasteiger partial charge >= 0.3 is 0 Å². The number of hydrogen-bond donors (Lipinski definition) is 0. The summed E-state index contributed by atoms with van der Waals surface area (Å²) in [7, 11) is 4.52. The molecule has 2 nitrogen and oxygen atoms in total. The summed E-state index contributed by atoms with van der Waals surface area (Å²) in [5.41, 5.74) is 0.631. The van der Waals surface area contributed by atoms with Crippen LogP contribution in [0, 0.1) is 0 Å². The maximum atomic E-state index is 2.54. The van der Waals surface area contributed by atoms with Gasteiger partial charge in [-0.3, -0.25) is 4.90 Å². The number of rotatable bonds is 2. The second-order valence-electron chi connectivity index (χ2n) is 6.32. The first-order valence-electron chi connectivity index (χ1n) is 6.15. The van der Waals surface area contributed by atoms with Crippen LogP contribution < -0.4 is 0 Å². The first-order chi connectivity index (χ1) is 6.70. The normalized spacial score (nSPS) is 27.2. The van der Waals surface area contributed by atoms with E-state index in [2.05, 4.69) is 58.5 Å². The molecule has 0 bridgehead atoms. The van der Waals surface area contributed by atoms with Crippen LogP contribution in [0.5, 0.6) is 0 Å². The van der Waals surface area contributed by atoms with Gasteiger partial charge in [-0.15, -0.1) is 0 Å².